The Balaban J connectivity index is 1.02. The molecule has 290 valence electrons. The molecule has 0 spiro atoms. The zero-order valence-electron chi connectivity index (χ0n) is 29.8. The van der Waals surface area contributed by atoms with E-state index in [1.807, 2.05) is 60.7 Å². The van der Waals surface area contributed by atoms with Gasteiger partial charge in [-0.15, -0.1) is 23.1 Å². The van der Waals surface area contributed by atoms with Gasteiger partial charge in [0.1, 0.15) is 22.8 Å². The van der Waals surface area contributed by atoms with Crippen LogP contribution in [0, 0.1) is 0 Å². The number of amides is 4. The minimum Gasteiger partial charge on any atom is -0.478 e. The Bertz CT molecular complexity index is 2380. The fourth-order valence-electron chi connectivity index (χ4n) is 6.65. The van der Waals surface area contributed by atoms with Gasteiger partial charge in [-0.05, 0) is 31.6 Å². The van der Waals surface area contributed by atoms with Crippen molar-refractivity contribution in [1.29, 1.82) is 0 Å². The molecule has 3 aromatic carbocycles. The summed E-state index contributed by atoms with van der Waals surface area (Å²) in [4.78, 5) is 89.9. The first kappa shape index (κ1) is 37.2. The lowest BCUT2D eigenvalue weighted by atomic mass is 9.97. The SMILES string of the molecule is CC(C)(O/N=C(\C(=O)NC1C(=O)N2C(C(=O)O)=C(CN3C(=O)c4cc5c(cc4C3=O)OC(c3ccccc3)(c3ccccc3)O5)CS[C@@H]12)c1csc(N)n1)C(=O)O. The Morgan fingerprint density at radius 3 is 2.07 bits per heavy atom. The van der Waals surface area contributed by atoms with Crippen LogP contribution in [-0.2, 0) is 29.8 Å². The van der Waals surface area contributed by atoms with Crippen molar-refractivity contribution in [2.45, 2.75) is 36.7 Å². The number of hydrogen-bond donors (Lipinski definition) is 4. The third kappa shape index (κ3) is 6.20. The van der Waals surface area contributed by atoms with Crippen molar-refractivity contribution in [3.05, 3.63) is 117 Å². The number of thiazole rings is 1. The van der Waals surface area contributed by atoms with Crippen molar-refractivity contribution in [3.63, 3.8) is 0 Å². The smallest absolute Gasteiger partial charge is 0.352 e. The van der Waals surface area contributed by atoms with Crippen LogP contribution in [0.3, 0.4) is 0 Å². The number of carboxylic acid groups (broad SMARTS) is 2. The number of aliphatic carboxylic acids is 2. The normalized spacial score (nSPS) is 19.5. The Hall–Kier alpha value is -6.73. The van der Waals surface area contributed by atoms with Crippen molar-refractivity contribution >= 4 is 69.5 Å². The molecule has 2 atom stereocenters. The van der Waals surface area contributed by atoms with Gasteiger partial charge in [0.15, 0.2) is 22.3 Å². The van der Waals surface area contributed by atoms with E-state index in [0.717, 1.165) is 32.9 Å². The van der Waals surface area contributed by atoms with E-state index in [2.05, 4.69) is 15.5 Å². The largest absolute Gasteiger partial charge is 0.478 e. The molecular weight excluding hydrogens is 781 g/mol. The first-order valence-electron chi connectivity index (χ1n) is 17.2. The van der Waals surface area contributed by atoms with E-state index in [1.54, 1.807) is 0 Å². The van der Waals surface area contributed by atoms with E-state index < -0.39 is 76.3 Å². The fraction of sp³-hybridized carbons (Fsp3) is 0.211. The Morgan fingerprint density at radius 2 is 1.56 bits per heavy atom. The van der Waals surface area contributed by atoms with Crippen LogP contribution in [0.1, 0.15) is 51.4 Å². The molecule has 4 amide bonds. The highest BCUT2D eigenvalue weighted by Gasteiger charge is 2.55. The van der Waals surface area contributed by atoms with Crippen LogP contribution in [0.4, 0.5) is 5.13 Å². The molecule has 1 saturated heterocycles. The molecule has 5 heterocycles. The maximum absolute atomic E-state index is 13.8. The molecule has 57 heavy (non-hydrogen) atoms. The highest BCUT2D eigenvalue weighted by molar-refractivity contribution is 8.00. The molecule has 19 heteroatoms. The van der Waals surface area contributed by atoms with Gasteiger partial charge >= 0.3 is 17.7 Å². The van der Waals surface area contributed by atoms with E-state index in [-0.39, 0.29) is 44.8 Å². The summed E-state index contributed by atoms with van der Waals surface area (Å²) >= 11 is 2.09. The number of carbonyl (C=O) groups is 6. The molecule has 1 aromatic heterocycles. The Labute approximate surface area is 330 Å². The van der Waals surface area contributed by atoms with Gasteiger partial charge in [-0.2, -0.15) is 0 Å². The minimum atomic E-state index is -1.83. The lowest BCUT2D eigenvalue weighted by Crippen LogP contribution is -2.71. The molecule has 4 aliphatic rings. The molecule has 8 rings (SSSR count). The number of hydrogen-bond acceptors (Lipinski definition) is 14. The molecule has 17 nitrogen and oxygen atoms in total. The molecule has 0 bridgehead atoms. The summed E-state index contributed by atoms with van der Waals surface area (Å²) in [5.74, 6) is -6.91. The average molecular weight is 811 g/mol. The van der Waals surface area contributed by atoms with Gasteiger partial charge in [0.25, 0.3) is 23.6 Å². The number of ether oxygens (including phenoxy) is 2. The minimum absolute atomic E-state index is 0.0191. The summed E-state index contributed by atoms with van der Waals surface area (Å²) in [5, 5.41) is 26.6. The van der Waals surface area contributed by atoms with Crippen molar-refractivity contribution < 1.29 is 53.3 Å². The van der Waals surface area contributed by atoms with E-state index in [9.17, 15) is 39.0 Å². The third-order valence-corrected chi connectivity index (χ3v) is 11.6. The number of aromatic nitrogens is 1. The van der Waals surface area contributed by atoms with Gasteiger partial charge in [0.05, 0.1) is 17.7 Å². The molecule has 1 fully saturated rings. The summed E-state index contributed by atoms with van der Waals surface area (Å²) in [7, 11) is 0. The number of nitrogen functional groups attached to an aromatic ring is 1. The van der Waals surface area contributed by atoms with Crippen LogP contribution >= 0.6 is 23.1 Å². The van der Waals surface area contributed by atoms with Crippen LogP contribution in [0.15, 0.2) is 94.6 Å². The number of rotatable bonds is 11. The molecule has 5 N–H and O–H groups in total. The third-order valence-electron chi connectivity index (χ3n) is 9.60. The standard InChI is InChI=1S/C38H30N6O11S2/c1-37(2,35(51)52)55-42-26(23-17-57-36(39)40-23)29(45)41-27-32(48)44-28(34(49)50)18(16-56-33(27)44)15-43-30(46)21-13-24-25(14-22(21)31(43)47)54-38(53-24,19-9-5-3-6-10-19)20-11-7-4-8-12-20/h3-14,17,27,33H,15-16H2,1-2H3,(H2,39,40)(H,41,45)(H,49,50)(H,51,52)/b42-26-/t27?,33-/m0/s1. The summed E-state index contributed by atoms with van der Waals surface area (Å²) in [5.41, 5.74) is 4.53. The quantitative estimate of drug-likeness (QED) is 0.0738. The maximum atomic E-state index is 13.8. The predicted molar refractivity (Wildman–Crippen MR) is 202 cm³/mol. The topological polar surface area (TPSA) is 240 Å². The number of oxime groups is 1. The lowest BCUT2D eigenvalue weighted by Gasteiger charge is -2.49. The van der Waals surface area contributed by atoms with Gasteiger partial charge in [-0.1, -0.05) is 65.8 Å². The zero-order valence-corrected chi connectivity index (χ0v) is 31.5. The number of carboxylic acids is 2. The van der Waals surface area contributed by atoms with Crippen molar-refractivity contribution in [2.24, 2.45) is 5.16 Å². The second-order valence-corrected chi connectivity index (χ2v) is 15.6. The average Bonchev–Trinajstić information content (AvgIpc) is 3.87. The van der Waals surface area contributed by atoms with Gasteiger partial charge in [0, 0.05) is 22.3 Å². The number of nitrogens with two attached hydrogens (primary N) is 1. The lowest BCUT2D eigenvalue weighted by molar-refractivity contribution is -0.161. The van der Waals surface area contributed by atoms with Crippen LogP contribution in [0.5, 0.6) is 11.5 Å². The van der Waals surface area contributed by atoms with Crippen LogP contribution in [-0.4, -0.2) is 95.6 Å². The summed E-state index contributed by atoms with van der Waals surface area (Å²) in [6, 6.07) is 20.1. The zero-order chi connectivity index (χ0) is 40.4. The highest BCUT2D eigenvalue weighted by Crippen LogP contribution is 2.50. The monoisotopic (exact) mass is 810 g/mol. The van der Waals surface area contributed by atoms with E-state index >= 15 is 0 Å². The second kappa shape index (κ2) is 13.8. The van der Waals surface area contributed by atoms with Gasteiger partial charge in [0.2, 0.25) is 5.60 Å². The second-order valence-electron chi connectivity index (χ2n) is 13.6. The first-order valence-corrected chi connectivity index (χ1v) is 19.1. The Morgan fingerprint density at radius 1 is 0.982 bits per heavy atom. The van der Waals surface area contributed by atoms with Crippen molar-refractivity contribution in [2.75, 3.05) is 18.0 Å². The van der Waals surface area contributed by atoms with Crippen LogP contribution in [0.2, 0.25) is 0 Å². The van der Waals surface area contributed by atoms with Crippen molar-refractivity contribution in [3.8, 4) is 11.5 Å². The number of anilines is 1. The predicted octanol–water partition coefficient (Wildman–Crippen LogP) is 3.02. The number of β-lactam (4-membered cyclic amide) rings is 1. The molecule has 4 aromatic rings. The first-order chi connectivity index (χ1) is 27.2. The maximum Gasteiger partial charge on any atom is 0.352 e. The molecule has 0 aliphatic carbocycles. The Kier molecular flexibility index (Phi) is 9.00. The van der Waals surface area contributed by atoms with E-state index in [0.29, 0.717) is 11.1 Å². The summed E-state index contributed by atoms with van der Waals surface area (Å²) < 4.78 is 12.9. The van der Waals surface area contributed by atoms with Crippen LogP contribution < -0.4 is 20.5 Å². The number of nitrogens with zero attached hydrogens (tertiary/aromatic N) is 4. The van der Waals surface area contributed by atoms with Gasteiger partial charge in [-0.3, -0.25) is 29.0 Å². The van der Waals surface area contributed by atoms with Gasteiger partial charge in [-0.25, -0.2) is 14.6 Å². The number of benzene rings is 3. The van der Waals surface area contributed by atoms with Crippen LogP contribution in [0.25, 0.3) is 0 Å². The summed E-state index contributed by atoms with van der Waals surface area (Å²) in [6.45, 7) is 2.00. The van der Waals surface area contributed by atoms with E-state index in [1.165, 1.54) is 31.4 Å². The molecule has 0 radical (unpaired) electrons. The number of nitrogens with one attached hydrogen (secondary N) is 1. The molecular formula is C38H30N6O11S2. The number of fused-ring (bicyclic) bond motifs is 3. The summed E-state index contributed by atoms with van der Waals surface area (Å²) in [6.07, 6.45) is 0. The fourth-order valence-corrected chi connectivity index (χ4v) is 8.54. The number of imide groups is 1. The van der Waals surface area contributed by atoms with E-state index in [4.69, 9.17) is 20.0 Å². The number of carbonyl (C=O) groups excluding carboxylic acids is 4. The van der Waals surface area contributed by atoms with Crippen molar-refractivity contribution in [1.82, 2.24) is 20.1 Å². The molecule has 4 aliphatic heterocycles. The number of thioether (sulfide) groups is 1. The molecule has 1 unspecified atom stereocenters. The van der Waals surface area contributed by atoms with Gasteiger partial charge < -0.3 is 35.6 Å². The molecule has 0 saturated carbocycles. The highest BCUT2D eigenvalue weighted by atomic mass is 32.2.